The van der Waals surface area contributed by atoms with Gasteiger partial charge in [0.2, 0.25) is 0 Å². The van der Waals surface area contributed by atoms with Crippen LogP contribution in [0.15, 0.2) is 0 Å². The van der Waals surface area contributed by atoms with Crippen molar-refractivity contribution in [2.24, 2.45) is 5.92 Å². The largest absolute Gasteiger partial charge is 0.390 e. The van der Waals surface area contributed by atoms with Crippen LogP contribution in [0.3, 0.4) is 0 Å². The predicted molar refractivity (Wildman–Crippen MR) is 81.5 cm³/mol. The van der Waals surface area contributed by atoms with E-state index in [1.165, 1.54) is 6.26 Å². The zero-order valence-electron chi connectivity index (χ0n) is 13.0. The molecule has 2 rings (SSSR count). The molecular formula is C15H29NO3S. The molecule has 20 heavy (non-hydrogen) atoms. The van der Waals surface area contributed by atoms with Crippen LogP contribution >= 0.6 is 0 Å². The van der Waals surface area contributed by atoms with Gasteiger partial charge >= 0.3 is 0 Å². The minimum absolute atomic E-state index is 0.158. The molecule has 4 nitrogen and oxygen atoms in total. The number of hydrogen-bond donors (Lipinski definition) is 1. The van der Waals surface area contributed by atoms with Crippen LogP contribution in [-0.4, -0.2) is 54.7 Å². The van der Waals surface area contributed by atoms with Gasteiger partial charge in [-0.15, -0.1) is 0 Å². The van der Waals surface area contributed by atoms with Gasteiger partial charge in [-0.25, -0.2) is 8.42 Å². The SMILES string of the molecule is CC(C)N1CCC(O)(C2CCCC(S(C)(=O)=O)C2)CC1. The number of rotatable bonds is 3. The lowest BCUT2D eigenvalue weighted by molar-refractivity contribution is -0.0808. The first kappa shape index (κ1) is 16.2. The second-order valence-corrected chi connectivity index (χ2v) is 9.37. The first-order valence-corrected chi connectivity index (χ1v) is 9.83. The fourth-order valence-corrected chi connectivity index (χ4v) is 5.03. The quantitative estimate of drug-likeness (QED) is 0.864. The molecule has 1 aliphatic carbocycles. The van der Waals surface area contributed by atoms with Crippen molar-refractivity contribution < 1.29 is 13.5 Å². The molecule has 2 atom stereocenters. The molecule has 1 saturated carbocycles. The summed E-state index contributed by atoms with van der Waals surface area (Å²) in [5.41, 5.74) is -0.644. The Bertz CT molecular complexity index is 424. The second-order valence-electron chi connectivity index (χ2n) is 7.05. The fraction of sp³-hybridized carbons (Fsp3) is 1.00. The summed E-state index contributed by atoms with van der Waals surface area (Å²) in [5.74, 6) is 0.158. The Morgan fingerprint density at radius 2 is 1.80 bits per heavy atom. The van der Waals surface area contributed by atoms with Crippen LogP contribution in [0.5, 0.6) is 0 Å². The van der Waals surface area contributed by atoms with Crippen LogP contribution in [0.4, 0.5) is 0 Å². The topological polar surface area (TPSA) is 57.6 Å². The number of sulfone groups is 1. The predicted octanol–water partition coefficient (Wildman–Crippen LogP) is 1.83. The summed E-state index contributed by atoms with van der Waals surface area (Å²) in [6.45, 7) is 6.22. The summed E-state index contributed by atoms with van der Waals surface area (Å²) in [6, 6.07) is 0.523. The average Bonchev–Trinajstić information content (AvgIpc) is 2.38. The summed E-state index contributed by atoms with van der Waals surface area (Å²) < 4.78 is 23.5. The molecule has 0 spiro atoms. The summed E-state index contributed by atoms with van der Waals surface area (Å²) in [5, 5.41) is 10.7. The van der Waals surface area contributed by atoms with Gasteiger partial charge in [0.1, 0.15) is 9.84 Å². The number of piperidine rings is 1. The Morgan fingerprint density at radius 1 is 1.20 bits per heavy atom. The maximum absolute atomic E-state index is 11.8. The van der Waals surface area contributed by atoms with Gasteiger partial charge in [-0.2, -0.15) is 0 Å². The van der Waals surface area contributed by atoms with Gasteiger partial charge in [-0.1, -0.05) is 6.42 Å². The number of nitrogens with zero attached hydrogens (tertiary/aromatic N) is 1. The third-order valence-electron chi connectivity index (χ3n) is 5.39. The lowest BCUT2D eigenvalue weighted by Crippen LogP contribution is -2.52. The molecule has 5 heteroatoms. The highest BCUT2D eigenvalue weighted by Gasteiger charge is 2.43. The minimum atomic E-state index is -2.97. The van der Waals surface area contributed by atoms with Gasteiger partial charge in [0.05, 0.1) is 10.9 Å². The van der Waals surface area contributed by atoms with Gasteiger partial charge in [-0.3, -0.25) is 0 Å². The highest BCUT2D eigenvalue weighted by atomic mass is 32.2. The number of hydrogen-bond acceptors (Lipinski definition) is 4. The van der Waals surface area contributed by atoms with E-state index < -0.39 is 15.4 Å². The standard InChI is InChI=1S/C15H29NO3S/c1-12(2)16-9-7-15(17,8-10-16)13-5-4-6-14(11-13)20(3,18)19/h12-14,17H,4-11H2,1-3H3. The normalized spacial score (nSPS) is 32.5. The molecule has 0 bridgehead atoms. The third kappa shape index (κ3) is 3.55. The van der Waals surface area contributed by atoms with Crippen molar-refractivity contribution in [2.45, 2.75) is 69.3 Å². The summed E-state index contributed by atoms with van der Waals surface area (Å²) in [6.07, 6.45) is 6.23. The van der Waals surface area contributed by atoms with E-state index in [1.807, 2.05) is 0 Å². The number of likely N-dealkylation sites (tertiary alicyclic amines) is 1. The monoisotopic (exact) mass is 303 g/mol. The maximum Gasteiger partial charge on any atom is 0.150 e. The molecule has 2 aliphatic rings. The zero-order chi connectivity index (χ0) is 15.0. The zero-order valence-corrected chi connectivity index (χ0v) is 13.8. The van der Waals surface area contributed by atoms with Crippen LogP contribution < -0.4 is 0 Å². The maximum atomic E-state index is 11.8. The Labute approximate surface area is 123 Å². The van der Waals surface area contributed by atoms with Crippen LogP contribution in [-0.2, 0) is 9.84 Å². The summed E-state index contributed by atoms with van der Waals surface area (Å²) >= 11 is 0. The Kier molecular flexibility index (Phi) is 4.82. The van der Waals surface area contributed by atoms with E-state index in [9.17, 15) is 13.5 Å². The van der Waals surface area contributed by atoms with Crippen LogP contribution in [0, 0.1) is 5.92 Å². The van der Waals surface area contributed by atoms with Crippen molar-refractivity contribution in [1.29, 1.82) is 0 Å². The van der Waals surface area contributed by atoms with E-state index in [0.29, 0.717) is 12.5 Å². The molecule has 2 fully saturated rings. The third-order valence-corrected chi connectivity index (χ3v) is 7.02. The lowest BCUT2D eigenvalue weighted by Gasteiger charge is -2.46. The molecule has 0 aromatic rings. The average molecular weight is 303 g/mol. The van der Waals surface area contributed by atoms with Crippen molar-refractivity contribution in [1.82, 2.24) is 4.90 Å². The van der Waals surface area contributed by atoms with E-state index in [1.54, 1.807) is 0 Å². The molecule has 1 aliphatic heterocycles. The van der Waals surface area contributed by atoms with E-state index in [-0.39, 0.29) is 11.2 Å². The highest BCUT2D eigenvalue weighted by Crippen LogP contribution is 2.40. The van der Waals surface area contributed by atoms with Crippen LogP contribution in [0.2, 0.25) is 0 Å². The lowest BCUT2D eigenvalue weighted by atomic mass is 9.72. The molecule has 0 aromatic heterocycles. The Balaban J connectivity index is 2.00. The van der Waals surface area contributed by atoms with E-state index >= 15 is 0 Å². The molecule has 1 N–H and O–H groups in total. The highest BCUT2D eigenvalue weighted by molar-refractivity contribution is 7.91. The van der Waals surface area contributed by atoms with Gasteiger partial charge < -0.3 is 10.0 Å². The molecule has 0 amide bonds. The second kappa shape index (κ2) is 5.93. The molecule has 118 valence electrons. The Hall–Kier alpha value is -0.130. The van der Waals surface area contributed by atoms with E-state index in [0.717, 1.165) is 45.2 Å². The first-order chi connectivity index (χ1) is 9.22. The molecule has 1 heterocycles. The van der Waals surface area contributed by atoms with Crippen molar-refractivity contribution in [3.63, 3.8) is 0 Å². The van der Waals surface area contributed by atoms with Crippen molar-refractivity contribution in [2.75, 3.05) is 19.3 Å². The summed E-state index contributed by atoms with van der Waals surface area (Å²) in [7, 11) is -2.97. The van der Waals surface area contributed by atoms with Gasteiger partial charge in [0.15, 0.2) is 0 Å². The molecule has 0 radical (unpaired) electrons. The van der Waals surface area contributed by atoms with Gasteiger partial charge in [0, 0.05) is 25.4 Å². The van der Waals surface area contributed by atoms with Gasteiger partial charge in [0.25, 0.3) is 0 Å². The fourth-order valence-electron chi connectivity index (χ4n) is 3.86. The first-order valence-electron chi connectivity index (χ1n) is 7.88. The molecule has 2 unspecified atom stereocenters. The molecular weight excluding hydrogens is 274 g/mol. The van der Waals surface area contributed by atoms with E-state index in [2.05, 4.69) is 18.7 Å². The van der Waals surface area contributed by atoms with Gasteiger partial charge in [-0.05, 0) is 51.9 Å². The van der Waals surface area contributed by atoms with E-state index in [4.69, 9.17) is 0 Å². The van der Waals surface area contributed by atoms with Crippen LogP contribution in [0.25, 0.3) is 0 Å². The minimum Gasteiger partial charge on any atom is -0.390 e. The number of aliphatic hydroxyl groups is 1. The Morgan fingerprint density at radius 3 is 2.30 bits per heavy atom. The van der Waals surface area contributed by atoms with Crippen LogP contribution in [0.1, 0.15) is 52.4 Å². The molecule has 0 aromatic carbocycles. The van der Waals surface area contributed by atoms with Crippen molar-refractivity contribution in [3.05, 3.63) is 0 Å². The molecule has 1 saturated heterocycles. The summed E-state index contributed by atoms with van der Waals surface area (Å²) in [4.78, 5) is 2.39. The smallest absolute Gasteiger partial charge is 0.150 e. The van der Waals surface area contributed by atoms with Crippen molar-refractivity contribution >= 4 is 9.84 Å². The van der Waals surface area contributed by atoms with Crippen molar-refractivity contribution in [3.8, 4) is 0 Å².